The van der Waals surface area contributed by atoms with Crippen molar-refractivity contribution in [3.63, 3.8) is 0 Å². The third-order valence-corrected chi connectivity index (χ3v) is 4.60. The molecule has 0 bridgehead atoms. The van der Waals surface area contributed by atoms with Gasteiger partial charge in [0.2, 0.25) is 0 Å². The van der Waals surface area contributed by atoms with Crippen LogP contribution in [-0.2, 0) is 15.6 Å². The van der Waals surface area contributed by atoms with Gasteiger partial charge in [0, 0.05) is 0 Å². The van der Waals surface area contributed by atoms with Crippen molar-refractivity contribution in [1.29, 1.82) is 5.26 Å². The van der Waals surface area contributed by atoms with Gasteiger partial charge in [-0.3, -0.25) is 0 Å². The number of hydrogen-bond donors (Lipinski definition) is 1. The molecule has 0 heterocycles. The first-order valence-corrected chi connectivity index (χ1v) is 7.63. The molecule has 20 heavy (non-hydrogen) atoms. The van der Waals surface area contributed by atoms with Crippen molar-refractivity contribution in [2.24, 2.45) is 0 Å². The number of hydrogen-bond acceptors (Lipinski definition) is 4. The molecule has 0 saturated carbocycles. The average Bonchev–Trinajstić information content (AvgIpc) is 2.47. The van der Waals surface area contributed by atoms with E-state index in [9.17, 15) is 13.5 Å². The Morgan fingerprint density at radius 1 is 1.05 bits per heavy atom. The lowest BCUT2D eigenvalue weighted by atomic mass is 10.0. The molecular formula is C15H13NO3S. The van der Waals surface area contributed by atoms with Crippen LogP contribution in [0.5, 0.6) is 0 Å². The zero-order chi connectivity index (χ0) is 14.6. The van der Waals surface area contributed by atoms with Crippen LogP contribution in [0.15, 0.2) is 59.5 Å². The Balaban J connectivity index is 2.39. The lowest BCUT2D eigenvalue weighted by Gasteiger charge is -2.11. The first-order chi connectivity index (χ1) is 9.54. The molecule has 102 valence electrons. The van der Waals surface area contributed by atoms with Crippen molar-refractivity contribution in [3.05, 3.63) is 65.7 Å². The molecule has 1 atom stereocenters. The van der Waals surface area contributed by atoms with E-state index in [1.54, 1.807) is 48.5 Å². The largest absolute Gasteiger partial charge is 0.374 e. The van der Waals surface area contributed by atoms with Crippen LogP contribution < -0.4 is 0 Å². The average molecular weight is 287 g/mol. The fourth-order valence-corrected chi connectivity index (χ4v) is 3.33. The van der Waals surface area contributed by atoms with Gasteiger partial charge < -0.3 is 5.11 Å². The lowest BCUT2D eigenvalue weighted by Crippen LogP contribution is -2.08. The summed E-state index contributed by atoms with van der Waals surface area (Å²) in [5, 5.41) is 18.4. The van der Waals surface area contributed by atoms with Gasteiger partial charge >= 0.3 is 0 Å². The number of benzene rings is 2. The van der Waals surface area contributed by atoms with Crippen LogP contribution in [-0.4, -0.2) is 13.5 Å². The fourth-order valence-electron chi connectivity index (χ4n) is 1.92. The van der Waals surface area contributed by atoms with Gasteiger partial charge in [0.05, 0.1) is 16.7 Å². The summed E-state index contributed by atoms with van der Waals surface area (Å²) in [4.78, 5) is 0.223. The highest BCUT2D eigenvalue weighted by Crippen LogP contribution is 2.22. The number of nitrogens with zero attached hydrogens (tertiary/aromatic N) is 1. The standard InChI is InChI=1S/C15H13NO3S/c16-10-15(17)14-9-5-4-6-12(14)11-20(18,19)13-7-2-1-3-8-13/h1-9,15,17H,11H2. The summed E-state index contributed by atoms with van der Waals surface area (Å²) in [6.45, 7) is 0. The van der Waals surface area contributed by atoms with Crippen molar-refractivity contribution in [3.8, 4) is 6.07 Å². The molecule has 2 aromatic rings. The van der Waals surface area contributed by atoms with Crippen LogP contribution in [0.3, 0.4) is 0 Å². The Morgan fingerprint density at radius 2 is 1.65 bits per heavy atom. The molecule has 1 N–H and O–H groups in total. The highest BCUT2D eigenvalue weighted by atomic mass is 32.2. The minimum Gasteiger partial charge on any atom is -0.374 e. The second-order valence-corrected chi connectivity index (χ2v) is 6.29. The molecule has 0 aliphatic heterocycles. The van der Waals surface area contributed by atoms with Crippen LogP contribution in [0.4, 0.5) is 0 Å². The highest BCUT2D eigenvalue weighted by Gasteiger charge is 2.19. The van der Waals surface area contributed by atoms with E-state index in [-0.39, 0.29) is 10.6 Å². The third kappa shape index (κ3) is 3.05. The van der Waals surface area contributed by atoms with Gasteiger partial charge in [0.1, 0.15) is 0 Å². The molecule has 0 aromatic heterocycles. The van der Waals surface area contributed by atoms with Crippen molar-refractivity contribution >= 4 is 9.84 Å². The fraction of sp³-hybridized carbons (Fsp3) is 0.133. The second kappa shape index (κ2) is 5.87. The van der Waals surface area contributed by atoms with E-state index in [1.807, 2.05) is 0 Å². The summed E-state index contributed by atoms with van der Waals surface area (Å²) in [6.07, 6.45) is -1.32. The van der Waals surface area contributed by atoms with Crippen LogP contribution >= 0.6 is 0 Å². The van der Waals surface area contributed by atoms with Gasteiger partial charge in [-0.2, -0.15) is 5.26 Å². The number of nitriles is 1. The molecule has 0 aliphatic carbocycles. The van der Waals surface area contributed by atoms with E-state index >= 15 is 0 Å². The van der Waals surface area contributed by atoms with E-state index < -0.39 is 15.9 Å². The van der Waals surface area contributed by atoms with Crippen molar-refractivity contribution < 1.29 is 13.5 Å². The van der Waals surface area contributed by atoms with Gasteiger partial charge in [0.15, 0.2) is 15.9 Å². The first-order valence-electron chi connectivity index (χ1n) is 5.98. The van der Waals surface area contributed by atoms with Gasteiger partial charge in [-0.25, -0.2) is 8.42 Å². The smallest absolute Gasteiger partial charge is 0.182 e. The van der Waals surface area contributed by atoms with Crippen molar-refractivity contribution in [2.45, 2.75) is 16.8 Å². The van der Waals surface area contributed by atoms with Gasteiger partial charge in [-0.15, -0.1) is 0 Å². The van der Waals surface area contributed by atoms with Crippen molar-refractivity contribution in [2.75, 3.05) is 0 Å². The SMILES string of the molecule is N#CC(O)c1ccccc1CS(=O)(=O)c1ccccc1. The number of aliphatic hydroxyl groups is 1. The van der Waals surface area contributed by atoms with Gasteiger partial charge in [0.25, 0.3) is 0 Å². The van der Waals surface area contributed by atoms with E-state index in [0.717, 1.165) is 0 Å². The van der Waals surface area contributed by atoms with E-state index in [4.69, 9.17) is 5.26 Å². The first kappa shape index (κ1) is 14.3. The molecule has 0 saturated heterocycles. The molecule has 2 aromatic carbocycles. The van der Waals surface area contributed by atoms with E-state index in [2.05, 4.69) is 0 Å². The molecule has 0 aliphatic rings. The van der Waals surface area contributed by atoms with Crippen LogP contribution in [0.25, 0.3) is 0 Å². The molecule has 0 fully saturated rings. The Morgan fingerprint density at radius 3 is 2.30 bits per heavy atom. The Hall–Kier alpha value is -2.16. The molecule has 0 radical (unpaired) electrons. The normalized spacial score (nSPS) is 12.6. The zero-order valence-corrected chi connectivity index (χ0v) is 11.4. The quantitative estimate of drug-likeness (QED) is 0.875. The minimum absolute atomic E-state index is 0.223. The summed E-state index contributed by atoms with van der Waals surface area (Å²) in [5.41, 5.74) is 0.764. The van der Waals surface area contributed by atoms with Crippen molar-refractivity contribution in [1.82, 2.24) is 0 Å². The number of sulfone groups is 1. The molecule has 2 rings (SSSR count). The lowest BCUT2D eigenvalue weighted by molar-refractivity contribution is 0.235. The molecule has 5 heteroatoms. The highest BCUT2D eigenvalue weighted by molar-refractivity contribution is 7.90. The predicted molar refractivity (Wildman–Crippen MR) is 74.3 cm³/mol. The summed E-state index contributed by atoms with van der Waals surface area (Å²) in [6, 6.07) is 16.3. The topological polar surface area (TPSA) is 78.2 Å². The second-order valence-electron chi connectivity index (χ2n) is 4.30. The molecule has 0 amide bonds. The van der Waals surface area contributed by atoms with Crippen LogP contribution in [0.1, 0.15) is 17.2 Å². The van der Waals surface area contributed by atoms with E-state index in [1.165, 1.54) is 12.1 Å². The van der Waals surface area contributed by atoms with E-state index in [0.29, 0.717) is 11.1 Å². The molecule has 4 nitrogen and oxygen atoms in total. The van der Waals surface area contributed by atoms with Gasteiger partial charge in [-0.1, -0.05) is 42.5 Å². The maximum atomic E-state index is 12.3. The monoisotopic (exact) mass is 287 g/mol. The Bertz CT molecular complexity index is 733. The summed E-state index contributed by atoms with van der Waals surface area (Å²) < 4.78 is 24.6. The zero-order valence-electron chi connectivity index (χ0n) is 10.6. The minimum atomic E-state index is -3.50. The number of aliphatic hydroxyl groups excluding tert-OH is 1. The summed E-state index contributed by atoms with van der Waals surface area (Å²) in [7, 11) is -3.50. The Labute approximate surface area is 117 Å². The van der Waals surface area contributed by atoms with Crippen LogP contribution in [0, 0.1) is 11.3 Å². The maximum Gasteiger partial charge on any atom is 0.182 e. The maximum absolute atomic E-state index is 12.3. The summed E-state index contributed by atoms with van der Waals surface area (Å²) in [5.74, 6) is -0.244. The number of rotatable bonds is 4. The Kier molecular flexibility index (Phi) is 4.18. The predicted octanol–water partition coefficient (Wildman–Crippen LogP) is 2.22. The molecular weight excluding hydrogens is 274 g/mol. The third-order valence-electron chi connectivity index (χ3n) is 2.92. The van der Waals surface area contributed by atoms with Crippen LogP contribution in [0.2, 0.25) is 0 Å². The van der Waals surface area contributed by atoms with Gasteiger partial charge in [-0.05, 0) is 23.3 Å². The molecule has 1 unspecified atom stereocenters. The summed E-state index contributed by atoms with van der Waals surface area (Å²) >= 11 is 0. The molecule has 0 spiro atoms.